The molecule has 2 aromatic carbocycles. The van der Waals surface area contributed by atoms with Gasteiger partial charge in [0.25, 0.3) is 0 Å². The van der Waals surface area contributed by atoms with Crippen molar-refractivity contribution in [1.82, 2.24) is 20.5 Å². The number of aromatic nitrogens is 3. The third-order valence-electron chi connectivity index (χ3n) is 4.38. The lowest BCUT2D eigenvalue weighted by molar-refractivity contribution is 0.146. The average molecular weight is 388 g/mol. The summed E-state index contributed by atoms with van der Waals surface area (Å²) in [7, 11) is 1.74. The van der Waals surface area contributed by atoms with Crippen molar-refractivity contribution in [1.29, 1.82) is 0 Å². The van der Waals surface area contributed by atoms with Crippen LogP contribution in [0.15, 0.2) is 76.7 Å². The predicted molar refractivity (Wildman–Crippen MR) is 114 cm³/mol. The van der Waals surface area contributed by atoms with Crippen LogP contribution in [0.5, 0.6) is 0 Å². The number of fused-ring (bicyclic) bond motifs is 1. The third kappa shape index (κ3) is 3.99. The maximum atomic E-state index is 10.2. The van der Waals surface area contributed by atoms with Crippen molar-refractivity contribution >= 4 is 34.8 Å². The van der Waals surface area contributed by atoms with Crippen LogP contribution in [-0.4, -0.2) is 27.3 Å². The highest BCUT2D eigenvalue weighted by atomic mass is 32.2. The fraction of sp³-hybridized carbons (Fsp3) is 0.0909. The molecule has 0 saturated carbocycles. The molecule has 2 heterocycles. The number of nitrogens with one attached hydrogen (secondary N) is 2. The number of aliphatic hydroxyl groups excluding tert-OH is 1. The van der Waals surface area contributed by atoms with E-state index in [0.717, 1.165) is 37.6 Å². The van der Waals surface area contributed by atoms with Gasteiger partial charge in [-0.1, -0.05) is 36.0 Å². The molecule has 0 spiro atoms. The first kappa shape index (κ1) is 18.4. The second-order valence-electron chi connectivity index (χ2n) is 6.24. The number of hydrogen-bond donors (Lipinski definition) is 3. The zero-order valence-electron chi connectivity index (χ0n) is 15.3. The molecule has 1 atom stereocenters. The summed E-state index contributed by atoms with van der Waals surface area (Å²) in [6.45, 7) is 0. The molecule has 2 aromatic heterocycles. The normalized spacial score (nSPS) is 12.6. The van der Waals surface area contributed by atoms with Crippen LogP contribution in [0, 0.1) is 0 Å². The van der Waals surface area contributed by atoms with Crippen molar-refractivity contribution in [3.8, 4) is 0 Å². The van der Waals surface area contributed by atoms with Gasteiger partial charge in [0.15, 0.2) is 0 Å². The van der Waals surface area contributed by atoms with E-state index in [-0.39, 0.29) is 0 Å². The first-order valence-corrected chi connectivity index (χ1v) is 9.75. The number of aliphatic hydroxyl groups is 1. The molecular formula is C22H20N4OS. The standard InChI is InChI=1S/C22H20N4OS/c1-23-22(27)18-7-2-3-8-21(18)28-16-10-11-17-19(25-26-20(17)14-16)12-9-15-6-4-5-13-24-15/h2-14,22-23,27H,1H3,(H,25,26)/b12-9+. The highest BCUT2D eigenvalue weighted by Gasteiger charge is 2.12. The van der Waals surface area contributed by atoms with E-state index in [2.05, 4.69) is 38.7 Å². The lowest BCUT2D eigenvalue weighted by Gasteiger charge is -2.14. The lowest BCUT2D eigenvalue weighted by Crippen LogP contribution is -2.15. The Balaban J connectivity index is 1.59. The minimum atomic E-state index is -0.692. The molecule has 0 radical (unpaired) electrons. The molecule has 1 unspecified atom stereocenters. The summed E-state index contributed by atoms with van der Waals surface area (Å²) >= 11 is 1.62. The van der Waals surface area contributed by atoms with E-state index in [9.17, 15) is 5.11 Å². The van der Waals surface area contributed by atoms with E-state index in [1.54, 1.807) is 25.0 Å². The number of H-pyrrole nitrogens is 1. The Kier molecular flexibility index (Phi) is 5.53. The van der Waals surface area contributed by atoms with Crippen molar-refractivity contribution in [2.24, 2.45) is 0 Å². The number of pyridine rings is 1. The van der Waals surface area contributed by atoms with Gasteiger partial charge in [0.1, 0.15) is 6.23 Å². The van der Waals surface area contributed by atoms with Gasteiger partial charge in [0.05, 0.1) is 16.9 Å². The van der Waals surface area contributed by atoms with Gasteiger partial charge in [0.2, 0.25) is 0 Å². The molecule has 6 heteroatoms. The Morgan fingerprint density at radius 1 is 1.07 bits per heavy atom. The SMILES string of the molecule is CNC(O)c1ccccc1Sc1ccc2c(/C=C/c3ccccn3)n[nH]c2c1. The average Bonchev–Trinajstić information content (AvgIpc) is 3.15. The molecule has 28 heavy (non-hydrogen) atoms. The molecule has 4 rings (SSSR count). The van der Waals surface area contributed by atoms with Crippen LogP contribution in [0.4, 0.5) is 0 Å². The smallest absolute Gasteiger partial charge is 0.131 e. The van der Waals surface area contributed by atoms with E-state index >= 15 is 0 Å². The fourth-order valence-electron chi connectivity index (χ4n) is 2.93. The maximum Gasteiger partial charge on any atom is 0.131 e. The van der Waals surface area contributed by atoms with Crippen LogP contribution in [-0.2, 0) is 0 Å². The molecule has 0 aliphatic heterocycles. The van der Waals surface area contributed by atoms with Crippen molar-refractivity contribution in [2.45, 2.75) is 16.0 Å². The Morgan fingerprint density at radius 3 is 2.75 bits per heavy atom. The zero-order valence-corrected chi connectivity index (χ0v) is 16.1. The van der Waals surface area contributed by atoms with Gasteiger partial charge in [-0.15, -0.1) is 0 Å². The van der Waals surface area contributed by atoms with Crippen LogP contribution >= 0.6 is 11.8 Å². The number of aromatic amines is 1. The molecule has 140 valence electrons. The molecular weight excluding hydrogens is 368 g/mol. The van der Waals surface area contributed by atoms with Crippen LogP contribution in [0.3, 0.4) is 0 Å². The summed E-state index contributed by atoms with van der Waals surface area (Å²) in [6.07, 6.45) is 5.00. The van der Waals surface area contributed by atoms with Gasteiger partial charge in [-0.3, -0.25) is 15.4 Å². The summed E-state index contributed by atoms with van der Waals surface area (Å²) in [5.74, 6) is 0. The molecule has 5 nitrogen and oxygen atoms in total. The minimum Gasteiger partial charge on any atom is -0.374 e. The Morgan fingerprint density at radius 2 is 1.93 bits per heavy atom. The van der Waals surface area contributed by atoms with Crippen molar-refractivity contribution < 1.29 is 5.11 Å². The molecule has 3 N–H and O–H groups in total. The van der Waals surface area contributed by atoms with Gasteiger partial charge in [0, 0.05) is 26.9 Å². The summed E-state index contributed by atoms with van der Waals surface area (Å²) in [5, 5.41) is 21.6. The zero-order chi connectivity index (χ0) is 19.3. The second-order valence-corrected chi connectivity index (χ2v) is 7.35. The highest BCUT2D eigenvalue weighted by Crippen LogP contribution is 2.34. The Bertz CT molecular complexity index is 1110. The first-order chi connectivity index (χ1) is 13.7. The third-order valence-corrected chi connectivity index (χ3v) is 5.46. The number of rotatable bonds is 6. The first-order valence-electron chi connectivity index (χ1n) is 8.94. The Hall–Kier alpha value is -2.93. The fourth-order valence-corrected chi connectivity index (χ4v) is 3.94. The summed E-state index contributed by atoms with van der Waals surface area (Å²) in [6, 6.07) is 19.9. The number of hydrogen-bond acceptors (Lipinski definition) is 5. The van der Waals surface area contributed by atoms with Crippen LogP contribution in [0.1, 0.15) is 23.2 Å². The largest absolute Gasteiger partial charge is 0.374 e. The topological polar surface area (TPSA) is 73.8 Å². The number of nitrogens with zero attached hydrogens (tertiary/aromatic N) is 2. The molecule has 0 aliphatic rings. The van der Waals surface area contributed by atoms with Crippen LogP contribution in [0.25, 0.3) is 23.1 Å². The van der Waals surface area contributed by atoms with Gasteiger partial charge in [-0.2, -0.15) is 5.10 Å². The monoisotopic (exact) mass is 388 g/mol. The quantitative estimate of drug-likeness (QED) is 0.425. The molecule has 0 amide bonds. The summed E-state index contributed by atoms with van der Waals surface area (Å²) in [5.41, 5.74) is 3.60. The molecule has 4 aromatic rings. The predicted octanol–water partition coefficient (Wildman–Crippen LogP) is 4.49. The molecule has 0 saturated heterocycles. The van der Waals surface area contributed by atoms with E-state index in [4.69, 9.17) is 0 Å². The molecule has 0 bridgehead atoms. The highest BCUT2D eigenvalue weighted by molar-refractivity contribution is 7.99. The lowest BCUT2D eigenvalue weighted by atomic mass is 10.2. The van der Waals surface area contributed by atoms with E-state index in [0.29, 0.717) is 0 Å². The second kappa shape index (κ2) is 8.39. The maximum absolute atomic E-state index is 10.2. The molecule has 0 fully saturated rings. The van der Waals surface area contributed by atoms with Crippen molar-refractivity contribution in [2.75, 3.05) is 7.05 Å². The van der Waals surface area contributed by atoms with Gasteiger partial charge >= 0.3 is 0 Å². The van der Waals surface area contributed by atoms with Gasteiger partial charge in [-0.05, 0) is 55.6 Å². The van der Waals surface area contributed by atoms with Crippen molar-refractivity contribution in [3.05, 3.63) is 83.8 Å². The van der Waals surface area contributed by atoms with Crippen LogP contribution in [0.2, 0.25) is 0 Å². The van der Waals surface area contributed by atoms with E-state index in [1.165, 1.54) is 0 Å². The summed E-state index contributed by atoms with van der Waals surface area (Å²) in [4.78, 5) is 6.38. The summed E-state index contributed by atoms with van der Waals surface area (Å²) < 4.78 is 0. The van der Waals surface area contributed by atoms with Gasteiger partial charge < -0.3 is 5.11 Å². The van der Waals surface area contributed by atoms with E-state index in [1.807, 2.05) is 54.6 Å². The van der Waals surface area contributed by atoms with Crippen LogP contribution < -0.4 is 5.32 Å². The molecule has 0 aliphatic carbocycles. The number of benzene rings is 2. The van der Waals surface area contributed by atoms with E-state index < -0.39 is 6.23 Å². The van der Waals surface area contributed by atoms with Crippen molar-refractivity contribution in [3.63, 3.8) is 0 Å². The Labute approximate surface area is 167 Å². The van der Waals surface area contributed by atoms with Gasteiger partial charge in [-0.25, -0.2) is 0 Å². The minimum absolute atomic E-state index is 0.692.